The Morgan fingerprint density at radius 1 is 0.808 bits per heavy atom. The summed E-state index contributed by atoms with van der Waals surface area (Å²) in [5, 5.41) is 13.3. The number of hydrogen-bond acceptors (Lipinski definition) is 3. The fourth-order valence-corrected chi connectivity index (χ4v) is 4.52. The van der Waals surface area contributed by atoms with Crippen molar-refractivity contribution >= 4 is 21.8 Å². The number of hydrogen-bond donors (Lipinski definition) is 1. The topological polar surface area (TPSA) is 31.6 Å². The highest BCUT2D eigenvalue weighted by Gasteiger charge is 2.31. The maximum atomic E-state index is 10.8. The molecule has 1 N–H and O–H groups in total. The van der Waals surface area contributed by atoms with Crippen molar-refractivity contribution in [3.8, 4) is 0 Å². The number of β-amino-alcohol motifs (C(OH)–C–C–N with tert-alkyl or cyclic N) is 1. The van der Waals surface area contributed by atoms with E-state index in [4.69, 9.17) is 0 Å². The molecule has 26 heavy (non-hydrogen) atoms. The molecule has 1 atom stereocenters. The van der Waals surface area contributed by atoms with Crippen molar-refractivity contribution in [2.24, 2.45) is 0 Å². The van der Waals surface area contributed by atoms with Gasteiger partial charge in [0.2, 0.25) is 0 Å². The molecule has 0 amide bonds. The molecule has 2 heterocycles. The molecular weight excluding hydrogens is 322 g/mol. The van der Waals surface area contributed by atoms with Gasteiger partial charge in [0.1, 0.15) is 0 Å². The third kappa shape index (κ3) is 3.02. The van der Waals surface area contributed by atoms with E-state index < -0.39 is 0 Å². The van der Waals surface area contributed by atoms with Gasteiger partial charge in [0.25, 0.3) is 0 Å². The highest BCUT2D eigenvalue weighted by Crippen LogP contribution is 2.29. The van der Waals surface area contributed by atoms with E-state index in [-0.39, 0.29) is 6.10 Å². The Morgan fingerprint density at radius 2 is 1.38 bits per heavy atom. The molecule has 3 aromatic rings. The Balaban J connectivity index is 1.32. The molecule has 2 aromatic carbocycles. The second kappa shape index (κ2) is 6.69. The summed E-state index contributed by atoms with van der Waals surface area (Å²) >= 11 is 0. The van der Waals surface area contributed by atoms with Crippen LogP contribution in [0.15, 0.2) is 48.5 Å². The first-order valence-corrected chi connectivity index (χ1v) is 9.90. The van der Waals surface area contributed by atoms with Crippen molar-refractivity contribution in [2.75, 3.05) is 32.7 Å². The SMILES string of the molecule is OC(CN1CCN(C2CC2)CC1)Cn1c2ccccc2c2ccccc21. The van der Waals surface area contributed by atoms with Gasteiger partial charge in [-0.3, -0.25) is 9.80 Å². The summed E-state index contributed by atoms with van der Waals surface area (Å²) in [6.07, 6.45) is 2.42. The highest BCUT2D eigenvalue weighted by atomic mass is 16.3. The molecule has 2 aliphatic rings. The van der Waals surface area contributed by atoms with Crippen LogP contribution in [0.2, 0.25) is 0 Å². The van der Waals surface area contributed by atoms with E-state index in [0.29, 0.717) is 6.54 Å². The monoisotopic (exact) mass is 349 g/mol. The molecule has 1 saturated carbocycles. The number of para-hydroxylation sites is 2. The number of fused-ring (bicyclic) bond motifs is 3. The summed E-state index contributed by atoms with van der Waals surface area (Å²) in [5.41, 5.74) is 2.43. The number of benzene rings is 2. The first kappa shape index (κ1) is 16.3. The summed E-state index contributed by atoms with van der Waals surface area (Å²) < 4.78 is 2.29. The van der Waals surface area contributed by atoms with Gasteiger partial charge >= 0.3 is 0 Å². The first-order chi connectivity index (χ1) is 12.8. The number of aliphatic hydroxyl groups excluding tert-OH is 1. The Kier molecular flexibility index (Phi) is 4.20. The van der Waals surface area contributed by atoms with Gasteiger partial charge in [0.15, 0.2) is 0 Å². The zero-order chi connectivity index (χ0) is 17.5. The fourth-order valence-electron chi connectivity index (χ4n) is 4.52. The number of aromatic nitrogens is 1. The maximum Gasteiger partial charge on any atom is 0.0845 e. The van der Waals surface area contributed by atoms with Crippen LogP contribution in [0.1, 0.15) is 12.8 Å². The molecule has 1 aromatic heterocycles. The molecule has 0 radical (unpaired) electrons. The lowest BCUT2D eigenvalue weighted by Crippen LogP contribution is -2.49. The largest absolute Gasteiger partial charge is 0.390 e. The number of nitrogens with zero attached hydrogens (tertiary/aromatic N) is 3. The van der Waals surface area contributed by atoms with E-state index in [9.17, 15) is 5.11 Å². The number of rotatable bonds is 5. The Hall–Kier alpha value is -1.88. The minimum atomic E-state index is -0.346. The standard InChI is InChI=1S/C22H27N3O/c26-18(15-23-11-13-24(14-12-23)17-9-10-17)16-25-21-7-3-1-5-19(21)20-6-2-4-8-22(20)25/h1-8,17-18,26H,9-16H2. The first-order valence-electron chi connectivity index (χ1n) is 9.90. The van der Waals surface area contributed by atoms with E-state index in [0.717, 1.165) is 38.8 Å². The van der Waals surface area contributed by atoms with Gasteiger partial charge in [-0.15, -0.1) is 0 Å². The van der Waals surface area contributed by atoms with Crippen molar-refractivity contribution in [2.45, 2.75) is 31.5 Å². The molecule has 1 aliphatic heterocycles. The van der Waals surface area contributed by atoms with Crippen LogP contribution in [0.4, 0.5) is 0 Å². The second-order valence-corrected chi connectivity index (χ2v) is 7.87. The molecule has 5 rings (SSSR count). The highest BCUT2D eigenvalue weighted by molar-refractivity contribution is 6.07. The molecule has 1 saturated heterocycles. The minimum absolute atomic E-state index is 0.346. The summed E-state index contributed by atoms with van der Waals surface area (Å²) in [5.74, 6) is 0. The fraction of sp³-hybridized carbons (Fsp3) is 0.455. The van der Waals surface area contributed by atoms with Crippen LogP contribution >= 0.6 is 0 Å². The van der Waals surface area contributed by atoms with Crippen LogP contribution in [-0.4, -0.2) is 64.3 Å². The van der Waals surface area contributed by atoms with E-state index in [2.05, 4.69) is 62.9 Å². The Labute approximate surface area is 154 Å². The molecule has 0 bridgehead atoms. The summed E-state index contributed by atoms with van der Waals surface area (Å²) in [4.78, 5) is 5.05. The summed E-state index contributed by atoms with van der Waals surface area (Å²) in [6.45, 7) is 5.90. The van der Waals surface area contributed by atoms with E-state index >= 15 is 0 Å². The van der Waals surface area contributed by atoms with Crippen molar-refractivity contribution in [1.29, 1.82) is 0 Å². The predicted molar refractivity (Wildman–Crippen MR) is 106 cm³/mol. The van der Waals surface area contributed by atoms with Crippen LogP contribution in [0.5, 0.6) is 0 Å². The van der Waals surface area contributed by atoms with Crippen LogP contribution in [0, 0.1) is 0 Å². The molecule has 2 fully saturated rings. The molecule has 0 spiro atoms. The molecule has 4 nitrogen and oxygen atoms in total. The predicted octanol–water partition coefficient (Wildman–Crippen LogP) is 2.94. The average Bonchev–Trinajstić information content (AvgIpc) is 3.48. The van der Waals surface area contributed by atoms with Gasteiger partial charge in [-0.25, -0.2) is 0 Å². The minimum Gasteiger partial charge on any atom is -0.390 e. The zero-order valence-electron chi connectivity index (χ0n) is 15.2. The third-order valence-corrected chi connectivity index (χ3v) is 6.01. The van der Waals surface area contributed by atoms with E-state index in [1.807, 2.05) is 0 Å². The van der Waals surface area contributed by atoms with Crippen molar-refractivity contribution in [3.63, 3.8) is 0 Å². The molecule has 4 heteroatoms. The summed E-state index contributed by atoms with van der Waals surface area (Å²) in [6, 6.07) is 17.9. The zero-order valence-corrected chi connectivity index (χ0v) is 15.2. The molecule has 1 aliphatic carbocycles. The lowest BCUT2D eigenvalue weighted by atomic mass is 10.2. The lowest BCUT2D eigenvalue weighted by molar-refractivity contribution is 0.0633. The Morgan fingerprint density at radius 3 is 1.96 bits per heavy atom. The van der Waals surface area contributed by atoms with Gasteiger partial charge in [-0.2, -0.15) is 0 Å². The van der Waals surface area contributed by atoms with E-state index in [1.54, 1.807) is 0 Å². The third-order valence-electron chi connectivity index (χ3n) is 6.01. The van der Waals surface area contributed by atoms with Gasteiger partial charge in [-0.05, 0) is 25.0 Å². The van der Waals surface area contributed by atoms with Gasteiger partial charge in [0.05, 0.1) is 12.6 Å². The van der Waals surface area contributed by atoms with Crippen molar-refractivity contribution < 1.29 is 5.11 Å². The van der Waals surface area contributed by atoms with Crippen molar-refractivity contribution in [3.05, 3.63) is 48.5 Å². The Bertz CT molecular complexity index is 853. The van der Waals surface area contributed by atoms with Crippen LogP contribution in [-0.2, 0) is 6.54 Å². The average molecular weight is 349 g/mol. The molecular formula is C22H27N3O. The normalized spacial score (nSPS) is 20.8. The van der Waals surface area contributed by atoms with Crippen LogP contribution in [0.25, 0.3) is 21.8 Å². The van der Waals surface area contributed by atoms with Crippen molar-refractivity contribution in [1.82, 2.24) is 14.4 Å². The lowest BCUT2D eigenvalue weighted by Gasteiger charge is -2.35. The van der Waals surface area contributed by atoms with Gasteiger partial charge < -0.3 is 9.67 Å². The number of piperazine rings is 1. The smallest absolute Gasteiger partial charge is 0.0845 e. The molecule has 136 valence electrons. The van der Waals surface area contributed by atoms with Gasteiger partial charge in [-0.1, -0.05) is 36.4 Å². The van der Waals surface area contributed by atoms with Crippen LogP contribution in [0.3, 0.4) is 0 Å². The van der Waals surface area contributed by atoms with E-state index in [1.165, 1.54) is 34.6 Å². The maximum absolute atomic E-state index is 10.8. The quantitative estimate of drug-likeness (QED) is 0.768. The van der Waals surface area contributed by atoms with Gasteiger partial charge in [0, 0.05) is 60.6 Å². The molecule has 1 unspecified atom stereocenters. The second-order valence-electron chi connectivity index (χ2n) is 7.87. The summed E-state index contributed by atoms with van der Waals surface area (Å²) in [7, 11) is 0. The number of aliphatic hydroxyl groups is 1. The van der Waals surface area contributed by atoms with Crippen LogP contribution < -0.4 is 0 Å².